The summed E-state index contributed by atoms with van der Waals surface area (Å²) in [4.78, 5) is 17.8. The van der Waals surface area contributed by atoms with Crippen LogP contribution < -0.4 is 4.90 Å². The molecule has 0 atom stereocenters. The molecule has 5 nitrogen and oxygen atoms in total. The second kappa shape index (κ2) is 5.69. The molecule has 0 unspecified atom stereocenters. The number of carbonyl (C=O) groups is 1. The lowest BCUT2D eigenvalue weighted by Gasteiger charge is -2.31. The fraction of sp³-hybridized carbons (Fsp3) is 0.600. The number of rotatable bonds is 3. The number of carbonyl (C=O) groups excluding carboxylic acids is 1. The zero-order chi connectivity index (χ0) is 14.8. The van der Waals surface area contributed by atoms with Gasteiger partial charge in [0, 0.05) is 13.1 Å². The van der Waals surface area contributed by atoms with Gasteiger partial charge >= 0.3 is 5.97 Å². The predicted octanol–water partition coefficient (Wildman–Crippen LogP) is 3.03. The summed E-state index contributed by atoms with van der Waals surface area (Å²) in [5.74, 6) is -0.439. The van der Waals surface area contributed by atoms with Gasteiger partial charge in [0.15, 0.2) is 5.69 Å². The highest BCUT2D eigenvalue weighted by Gasteiger charge is 2.24. The van der Waals surface area contributed by atoms with E-state index >= 15 is 0 Å². The predicted molar refractivity (Wildman–Crippen MR) is 76.8 cm³/mol. The minimum atomic E-state index is -0.439. The first-order valence-corrected chi connectivity index (χ1v) is 6.99. The van der Waals surface area contributed by atoms with Crippen LogP contribution in [-0.4, -0.2) is 30.6 Å². The van der Waals surface area contributed by atoms with Crippen LogP contribution in [0.5, 0.6) is 0 Å². The van der Waals surface area contributed by atoms with Gasteiger partial charge in [0.1, 0.15) is 6.26 Å². The number of nitrogens with zero attached hydrogens (tertiary/aromatic N) is 2. The highest BCUT2D eigenvalue weighted by Crippen LogP contribution is 2.31. The third kappa shape index (κ3) is 3.21. The summed E-state index contributed by atoms with van der Waals surface area (Å²) in [5.41, 5.74) is 1.89. The summed E-state index contributed by atoms with van der Waals surface area (Å²) in [7, 11) is 0. The van der Waals surface area contributed by atoms with Crippen molar-refractivity contribution in [3.05, 3.63) is 23.6 Å². The summed E-state index contributed by atoms with van der Waals surface area (Å²) in [6.07, 6.45) is 4.56. The van der Waals surface area contributed by atoms with Gasteiger partial charge in [0.2, 0.25) is 0 Å². The van der Waals surface area contributed by atoms with E-state index in [1.54, 1.807) is 6.92 Å². The van der Waals surface area contributed by atoms with Crippen LogP contribution in [0.4, 0.5) is 6.01 Å². The molecular formula is C15H22N2O3. The molecule has 0 radical (unpaired) electrons. The van der Waals surface area contributed by atoms with Crippen LogP contribution in [0.2, 0.25) is 0 Å². The Hall–Kier alpha value is -1.78. The van der Waals surface area contributed by atoms with Crippen molar-refractivity contribution < 1.29 is 13.9 Å². The lowest BCUT2D eigenvalue weighted by molar-refractivity contribution is 0.0519. The molecule has 0 aliphatic carbocycles. The Morgan fingerprint density at radius 1 is 1.50 bits per heavy atom. The van der Waals surface area contributed by atoms with Gasteiger partial charge in [-0.3, -0.25) is 0 Å². The van der Waals surface area contributed by atoms with Crippen LogP contribution in [0.25, 0.3) is 0 Å². The number of anilines is 1. The molecular weight excluding hydrogens is 256 g/mol. The molecule has 110 valence electrons. The first-order valence-electron chi connectivity index (χ1n) is 6.99. The summed E-state index contributed by atoms with van der Waals surface area (Å²) < 4.78 is 10.3. The summed E-state index contributed by atoms with van der Waals surface area (Å²) in [5, 5.41) is 0. The van der Waals surface area contributed by atoms with Crippen molar-refractivity contribution >= 4 is 12.0 Å². The van der Waals surface area contributed by atoms with E-state index in [0.29, 0.717) is 12.6 Å². The highest BCUT2D eigenvalue weighted by molar-refractivity contribution is 5.87. The van der Waals surface area contributed by atoms with Crippen molar-refractivity contribution in [3.63, 3.8) is 0 Å². The molecule has 20 heavy (non-hydrogen) atoms. The van der Waals surface area contributed by atoms with Crippen LogP contribution in [0, 0.1) is 5.41 Å². The van der Waals surface area contributed by atoms with Gasteiger partial charge in [0.05, 0.1) is 6.61 Å². The number of esters is 1. The van der Waals surface area contributed by atoms with Crippen LogP contribution >= 0.6 is 0 Å². The SMILES string of the molecule is CCOC(=O)c1coc(N2CC=C(C(C)(C)C)CC2)n1. The average Bonchev–Trinajstić information content (AvgIpc) is 2.88. The summed E-state index contributed by atoms with van der Waals surface area (Å²) in [6.45, 7) is 10.4. The molecule has 1 aliphatic heterocycles. The number of aromatic nitrogens is 1. The van der Waals surface area contributed by atoms with E-state index in [2.05, 4.69) is 31.8 Å². The fourth-order valence-electron chi connectivity index (χ4n) is 2.23. The van der Waals surface area contributed by atoms with Crippen LogP contribution in [-0.2, 0) is 4.74 Å². The van der Waals surface area contributed by atoms with E-state index in [1.807, 2.05) is 4.90 Å². The zero-order valence-corrected chi connectivity index (χ0v) is 12.6. The molecule has 2 heterocycles. The van der Waals surface area contributed by atoms with E-state index in [4.69, 9.17) is 9.15 Å². The lowest BCUT2D eigenvalue weighted by Crippen LogP contribution is -2.31. The Labute approximate surface area is 119 Å². The topological polar surface area (TPSA) is 55.6 Å². The molecule has 2 rings (SSSR count). The maximum absolute atomic E-state index is 11.5. The lowest BCUT2D eigenvalue weighted by atomic mass is 9.83. The molecule has 1 aromatic heterocycles. The maximum atomic E-state index is 11.5. The Morgan fingerprint density at radius 3 is 2.80 bits per heavy atom. The molecule has 1 aromatic rings. The van der Waals surface area contributed by atoms with Crippen molar-refractivity contribution in [2.24, 2.45) is 5.41 Å². The second-order valence-electron chi connectivity index (χ2n) is 5.91. The standard InChI is InChI=1S/C15H22N2O3/c1-5-19-13(18)12-10-20-14(16-12)17-8-6-11(7-9-17)15(2,3)4/h6,10H,5,7-9H2,1-4H3. The van der Waals surface area contributed by atoms with Gasteiger partial charge in [-0.1, -0.05) is 32.4 Å². The molecule has 5 heteroatoms. The van der Waals surface area contributed by atoms with Crippen molar-refractivity contribution in [3.8, 4) is 0 Å². The van der Waals surface area contributed by atoms with E-state index in [0.717, 1.165) is 19.5 Å². The molecule has 0 aromatic carbocycles. The molecule has 0 bridgehead atoms. The average molecular weight is 278 g/mol. The largest absolute Gasteiger partial charge is 0.461 e. The quantitative estimate of drug-likeness (QED) is 0.628. The zero-order valence-electron chi connectivity index (χ0n) is 12.6. The van der Waals surface area contributed by atoms with Crippen LogP contribution in [0.3, 0.4) is 0 Å². The normalized spacial score (nSPS) is 16.0. The Bertz CT molecular complexity index is 511. The monoisotopic (exact) mass is 278 g/mol. The van der Waals surface area contributed by atoms with E-state index in [1.165, 1.54) is 11.8 Å². The first kappa shape index (κ1) is 14.6. The number of hydrogen-bond donors (Lipinski definition) is 0. The minimum absolute atomic E-state index is 0.207. The third-order valence-corrected chi connectivity index (χ3v) is 3.42. The van der Waals surface area contributed by atoms with Gasteiger partial charge < -0.3 is 14.1 Å². The van der Waals surface area contributed by atoms with Gasteiger partial charge in [-0.05, 0) is 18.8 Å². The van der Waals surface area contributed by atoms with E-state index < -0.39 is 5.97 Å². The molecule has 0 amide bonds. The number of ether oxygens (including phenoxy) is 1. The molecule has 0 saturated heterocycles. The maximum Gasteiger partial charge on any atom is 0.360 e. The smallest absolute Gasteiger partial charge is 0.360 e. The van der Waals surface area contributed by atoms with Gasteiger partial charge in [0.25, 0.3) is 6.01 Å². The van der Waals surface area contributed by atoms with Gasteiger partial charge in [-0.15, -0.1) is 0 Å². The van der Waals surface area contributed by atoms with Gasteiger partial charge in [-0.25, -0.2) is 4.79 Å². The number of hydrogen-bond acceptors (Lipinski definition) is 5. The highest BCUT2D eigenvalue weighted by atomic mass is 16.5. The van der Waals surface area contributed by atoms with E-state index in [9.17, 15) is 4.79 Å². The van der Waals surface area contributed by atoms with Crippen molar-refractivity contribution in [1.29, 1.82) is 0 Å². The second-order valence-corrected chi connectivity index (χ2v) is 5.91. The van der Waals surface area contributed by atoms with Crippen molar-refractivity contribution in [1.82, 2.24) is 4.98 Å². The van der Waals surface area contributed by atoms with Crippen molar-refractivity contribution in [2.45, 2.75) is 34.1 Å². The number of oxazole rings is 1. The summed E-state index contributed by atoms with van der Waals surface area (Å²) in [6, 6.07) is 0.484. The van der Waals surface area contributed by atoms with Crippen LogP contribution in [0.1, 0.15) is 44.6 Å². The van der Waals surface area contributed by atoms with E-state index in [-0.39, 0.29) is 11.1 Å². The molecule has 0 spiro atoms. The Kier molecular flexibility index (Phi) is 4.16. The molecule has 1 aliphatic rings. The fourth-order valence-corrected chi connectivity index (χ4v) is 2.23. The van der Waals surface area contributed by atoms with Gasteiger partial charge in [-0.2, -0.15) is 4.98 Å². The molecule has 0 N–H and O–H groups in total. The van der Waals surface area contributed by atoms with Crippen molar-refractivity contribution in [2.75, 3.05) is 24.6 Å². The first-order chi connectivity index (χ1) is 9.41. The minimum Gasteiger partial charge on any atom is -0.461 e. The third-order valence-electron chi connectivity index (χ3n) is 3.42. The Balaban J connectivity index is 2.04. The molecule has 0 saturated carbocycles. The molecule has 0 fully saturated rings. The van der Waals surface area contributed by atoms with Crippen LogP contribution in [0.15, 0.2) is 22.3 Å². The Morgan fingerprint density at radius 2 is 2.25 bits per heavy atom. The summed E-state index contributed by atoms with van der Waals surface area (Å²) >= 11 is 0.